The molecule has 1 aliphatic heterocycles. The van der Waals surface area contributed by atoms with Crippen LogP contribution in [-0.4, -0.2) is 33.9 Å². The lowest BCUT2D eigenvalue weighted by atomic mass is 9.91. The minimum absolute atomic E-state index is 0.0455. The molecule has 0 bridgehead atoms. The number of anilines is 1. The fraction of sp³-hybridized carbons (Fsp3) is 0.333. The molecule has 7 nitrogen and oxygen atoms in total. The molecule has 0 saturated carbocycles. The van der Waals surface area contributed by atoms with Crippen LogP contribution >= 0.6 is 0 Å². The smallest absolute Gasteiger partial charge is 0.482 e. The molecule has 1 atom stereocenters. The number of alkyl halides is 3. The summed E-state index contributed by atoms with van der Waals surface area (Å²) in [6.07, 6.45) is -4.87. The Hall–Kier alpha value is -4.21. The van der Waals surface area contributed by atoms with E-state index in [1.807, 2.05) is 26.0 Å². The first kappa shape index (κ1) is 28.8. The van der Waals surface area contributed by atoms with Crippen LogP contribution in [0.15, 0.2) is 72.0 Å². The molecule has 0 spiro atoms. The highest BCUT2D eigenvalue weighted by atomic mass is 19.4. The Kier molecular flexibility index (Phi) is 7.74. The van der Waals surface area contributed by atoms with Gasteiger partial charge in [0.05, 0.1) is 17.3 Å². The number of aryl methyl sites for hydroxylation is 1. The summed E-state index contributed by atoms with van der Waals surface area (Å²) in [6.45, 7) is 11.1. The first-order valence-corrected chi connectivity index (χ1v) is 12.7. The van der Waals surface area contributed by atoms with E-state index in [2.05, 4.69) is 14.9 Å². The van der Waals surface area contributed by atoms with Crippen molar-refractivity contribution in [2.45, 2.75) is 65.5 Å². The quantitative estimate of drug-likeness (QED) is 0.298. The number of benzene rings is 2. The van der Waals surface area contributed by atoms with Gasteiger partial charge in [-0.1, -0.05) is 50.2 Å². The number of hydrogen-bond acceptors (Lipinski definition) is 6. The van der Waals surface area contributed by atoms with Gasteiger partial charge >= 0.3 is 6.36 Å². The van der Waals surface area contributed by atoms with E-state index in [1.54, 1.807) is 52.0 Å². The van der Waals surface area contributed by atoms with E-state index in [9.17, 15) is 22.8 Å². The number of carbonyl (C=O) groups excluding carboxylic acids is 2. The Labute approximate surface area is 230 Å². The van der Waals surface area contributed by atoms with Gasteiger partial charge in [-0.25, -0.2) is 0 Å². The predicted octanol–water partition coefficient (Wildman–Crippen LogP) is 6.85. The second kappa shape index (κ2) is 10.7. The lowest BCUT2D eigenvalue weighted by Crippen LogP contribution is -2.33. The van der Waals surface area contributed by atoms with Crippen LogP contribution in [0, 0.1) is 6.92 Å². The third kappa shape index (κ3) is 6.32. The number of ether oxygens (including phenoxy) is 2. The van der Waals surface area contributed by atoms with Crippen molar-refractivity contribution in [2.75, 3.05) is 4.90 Å². The average molecular weight is 554 g/mol. The van der Waals surface area contributed by atoms with Crippen LogP contribution in [0.25, 0.3) is 0 Å². The Morgan fingerprint density at radius 2 is 1.52 bits per heavy atom. The first-order chi connectivity index (χ1) is 18.6. The lowest BCUT2D eigenvalue weighted by molar-refractivity contribution is -0.274. The minimum atomic E-state index is -4.87. The van der Waals surface area contributed by atoms with Crippen molar-refractivity contribution >= 4 is 17.5 Å². The van der Waals surface area contributed by atoms with Crippen molar-refractivity contribution in [3.8, 4) is 5.75 Å². The second-order valence-electron chi connectivity index (χ2n) is 10.8. The molecule has 10 heteroatoms. The van der Waals surface area contributed by atoms with Gasteiger partial charge in [-0.15, -0.1) is 18.3 Å². The SMILES string of the molecule is Cc1ccc(N2C(=O)C(OC(C)(C)C)=C(C(=O)c3ccc(C(C)C)cc3)C2c2ccc(OC(F)(F)F)cc2)nn1. The summed E-state index contributed by atoms with van der Waals surface area (Å²) < 4.78 is 48.5. The Bertz CT molecular complexity index is 1420. The normalized spacial score (nSPS) is 16.1. The van der Waals surface area contributed by atoms with E-state index in [-0.39, 0.29) is 23.1 Å². The van der Waals surface area contributed by atoms with E-state index in [0.29, 0.717) is 16.8 Å². The summed E-state index contributed by atoms with van der Waals surface area (Å²) in [5.74, 6) is -1.26. The van der Waals surface area contributed by atoms with Crippen molar-refractivity contribution in [2.24, 2.45) is 0 Å². The van der Waals surface area contributed by atoms with Crippen LogP contribution in [0.2, 0.25) is 0 Å². The highest BCUT2D eigenvalue weighted by Gasteiger charge is 2.47. The van der Waals surface area contributed by atoms with Crippen molar-refractivity contribution in [1.82, 2.24) is 10.2 Å². The van der Waals surface area contributed by atoms with Crippen LogP contribution in [0.5, 0.6) is 5.75 Å². The Morgan fingerprint density at radius 1 is 0.900 bits per heavy atom. The summed E-state index contributed by atoms with van der Waals surface area (Å²) in [5, 5.41) is 8.23. The number of halogens is 3. The first-order valence-electron chi connectivity index (χ1n) is 12.7. The van der Waals surface area contributed by atoms with Crippen LogP contribution < -0.4 is 9.64 Å². The molecule has 2 heterocycles. The number of amides is 1. The van der Waals surface area contributed by atoms with Crippen molar-refractivity contribution in [1.29, 1.82) is 0 Å². The van der Waals surface area contributed by atoms with Crippen molar-refractivity contribution in [3.05, 3.63) is 94.4 Å². The van der Waals surface area contributed by atoms with E-state index < -0.39 is 35.4 Å². The zero-order valence-corrected chi connectivity index (χ0v) is 23.0. The number of aromatic nitrogens is 2. The van der Waals surface area contributed by atoms with Crippen LogP contribution in [0.4, 0.5) is 19.0 Å². The fourth-order valence-electron chi connectivity index (χ4n) is 4.33. The zero-order chi connectivity index (χ0) is 29.4. The van der Waals surface area contributed by atoms with Gasteiger partial charge in [-0.3, -0.25) is 14.5 Å². The molecule has 0 N–H and O–H groups in total. The molecule has 1 unspecified atom stereocenters. The van der Waals surface area contributed by atoms with Gasteiger partial charge in [0.1, 0.15) is 11.4 Å². The molecule has 0 saturated heterocycles. The van der Waals surface area contributed by atoms with E-state index in [0.717, 1.165) is 17.7 Å². The Balaban J connectivity index is 1.90. The van der Waals surface area contributed by atoms with E-state index >= 15 is 0 Å². The van der Waals surface area contributed by atoms with Crippen LogP contribution in [-0.2, 0) is 9.53 Å². The number of carbonyl (C=O) groups is 2. The van der Waals surface area contributed by atoms with Gasteiger partial charge in [0.15, 0.2) is 17.4 Å². The summed E-state index contributed by atoms with van der Waals surface area (Å²) in [6, 6.07) is 14.3. The fourth-order valence-corrected chi connectivity index (χ4v) is 4.33. The Morgan fingerprint density at radius 3 is 2.02 bits per heavy atom. The maximum Gasteiger partial charge on any atom is 0.573 e. The second-order valence-corrected chi connectivity index (χ2v) is 10.8. The van der Waals surface area contributed by atoms with Gasteiger partial charge in [0.25, 0.3) is 5.91 Å². The lowest BCUT2D eigenvalue weighted by Gasteiger charge is -2.26. The maximum atomic E-state index is 14.1. The van der Waals surface area contributed by atoms with Gasteiger partial charge in [-0.2, -0.15) is 5.10 Å². The van der Waals surface area contributed by atoms with E-state index in [4.69, 9.17) is 4.74 Å². The predicted molar refractivity (Wildman–Crippen MR) is 143 cm³/mol. The highest BCUT2D eigenvalue weighted by molar-refractivity contribution is 6.21. The highest BCUT2D eigenvalue weighted by Crippen LogP contribution is 2.44. The van der Waals surface area contributed by atoms with Gasteiger partial charge in [0, 0.05) is 5.56 Å². The molecule has 0 aliphatic carbocycles. The molecule has 1 amide bonds. The van der Waals surface area contributed by atoms with Crippen LogP contribution in [0.1, 0.15) is 73.8 Å². The number of Topliss-reactive ketones (excluding diaryl/α,β-unsaturated/α-hetero) is 1. The van der Waals surface area contributed by atoms with Crippen LogP contribution in [0.3, 0.4) is 0 Å². The number of nitrogens with zero attached hydrogens (tertiary/aromatic N) is 3. The minimum Gasteiger partial charge on any atom is -0.482 e. The molecule has 2 aromatic carbocycles. The molecule has 210 valence electrons. The van der Waals surface area contributed by atoms with Gasteiger partial charge in [-0.05, 0) is 69.0 Å². The average Bonchev–Trinajstić information content (AvgIpc) is 3.14. The molecule has 40 heavy (non-hydrogen) atoms. The van der Waals surface area contributed by atoms with Gasteiger partial charge in [0.2, 0.25) is 0 Å². The largest absolute Gasteiger partial charge is 0.573 e. The molecular formula is C30H30F3N3O4. The number of ketones is 1. The monoisotopic (exact) mass is 553 g/mol. The van der Waals surface area contributed by atoms with Crippen molar-refractivity contribution < 1.29 is 32.2 Å². The molecular weight excluding hydrogens is 523 g/mol. The third-order valence-electron chi connectivity index (χ3n) is 6.14. The maximum absolute atomic E-state index is 14.1. The summed E-state index contributed by atoms with van der Waals surface area (Å²) in [5.41, 5.74) is 1.54. The molecule has 4 rings (SSSR count). The standard InChI is InChI=1S/C30H30F3N3O4/c1-17(2)19-8-10-21(11-9-19)26(37)24-25(20-12-14-22(15-13-20)39-30(31,32)33)36(23-16-7-18(3)34-35-23)28(38)27(24)40-29(4,5)6/h7-17,25H,1-6H3. The van der Waals surface area contributed by atoms with Crippen molar-refractivity contribution in [3.63, 3.8) is 0 Å². The van der Waals surface area contributed by atoms with E-state index in [1.165, 1.54) is 17.0 Å². The summed E-state index contributed by atoms with van der Waals surface area (Å²) >= 11 is 0. The third-order valence-corrected chi connectivity index (χ3v) is 6.14. The molecule has 1 aromatic heterocycles. The molecule has 1 aliphatic rings. The molecule has 3 aromatic rings. The summed E-state index contributed by atoms with van der Waals surface area (Å²) in [4.78, 5) is 29.3. The van der Waals surface area contributed by atoms with Gasteiger partial charge < -0.3 is 9.47 Å². The zero-order valence-electron chi connectivity index (χ0n) is 23.0. The molecule has 0 radical (unpaired) electrons. The topological polar surface area (TPSA) is 81.6 Å². The summed E-state index contributed by atoms with van der Waals surface area (Å²) in [7, 11) is 0. The molecule has 0 fully saturated rings. The number of hydrogen-bond donors (Lipinski definition) is 0. The number of rotatable bonds is 7.